The summed E-state index contributed by atoms with van der Waals surface area (Å²) in [6.45, 7) is 4.66. The monoisotopic (exact) mass is 263 g/mol. The van der Waals surface area contributed by atoms with Crippen LogP contribution in [-0.4, -0.2) is 43.7 Å². The van der Waals surface area contributed by atoms with Gasteiger partial charge >= 0.3 is 0 Å². The number of hydrogen-bond donors (Lipinski definition) is 2. The van der Waals surface area contributed by atoms with E-state index in [0.717, 1.165) is 19.3 Å². The third-order valence-electron chi connectivity index (χ3n) is 3.62. The molecule has 102 valence electrons. The van der Waals surface area contributed by atoms with Crippen molar-refractivity contribution in [3.8, 4) is 0 Å². The Kier molecular flexibility index (Phi) is 5.41. The zero-order valence-electron chi connectivity index (χ0n) is 11.0. The Balaban J connectivity index is 2.37. The lowest BCUT2D eigenvalue weighted by Crippen LogP contribution is -2.41. The first-order valence-corrected chi connectivity index (χ1v) is 8.38. The van der Waals surface area contributed by atoms with Gasteiger partial charge in [-0.15, -0.1) is 0 Å². The summed E-state index contributed by atoms with van der Waals surface area (Å²) in [6, 6.07) is 0.0735. The molecule has 1 rings (SSSR count). The summed E-state index contributed by atoms with van der Waals surface area (Å²) >= 11 is 0. The Morgan fingerprint density at radius 2 is 2.00 bits per heavy atom. The quantitative estimate of drug-likeness (QED) is 0.749. The lowest BCUT2D eigenvalue weighted by Gasteiger charge is -2.21. The predicted molar refractivity (Wildman–Crippen MR) is 69.7 cm³/mol. The first-order valence-electron chi connectivity index (χ1n) is 6.42. The topological polar surface area (TPSA) is 66.4 Å². The minimum Gasteiger partial charge on any atom is -0.393 e. The second-order valence-corrected chi connectivity index (χ2v) is 7.72. The summed E-state index contributed by atoms with van der Waals surface area (Å²) in [7, 11) is -2.94. The molecule has 4 nitrogen and oxygen atoms in total. The maximum absolute atomic E-state index is 11.6. The van der Waals surface area contributed by atoms with Gasteiger partial charge in [0.15, 0.2) is 9.84 Å². The molecule has 0 bridgehead atoms. The smallest absolute Gasteiger partial charge is 0.151 e. The molecule has 0 aliphatic heterocycles. The third kappa shape index (κ3) is 4.56. The molecule has 17 heavy (non-hydrogen) atoms. The van der Waals surface area contributed by atoms with Gasteiger partial charge in [-0.25, -0.2) is 8.42 Å². The van der Waals surface area contributed by atoms with Crippen LogP contribution in [-0.2, 0) is 9.84 Å². The van der Waals surface area contributed by atoms with Crippen molar-refractivity contribution in [1.82, 2.24) is 5.32 Å². The third-order valence-corrected chi connectivity index (χ3v) is 5.28. The van der Waals surface area contributed by atoms with Crippen LogP contribution in [0.2, 0.25) is 0 Å². The van der Waals surface area contributed by atoms with Crippen molar-refractivity contribution in [3.05, 3.63) is 0 Å². The molecule has 0 aromatic rings. The minimum absolute atomic E-state index is 0.0735. The van der Waals surface area contributed by atoms with Gasteiger partial charge in [-0.1, -0.05) is 20.3 Å². The number of aliphatic hydroxyl groups excluding tert-OH is 1. The molecule has 0 heterocycles. The molecule has 0 saturated heterocycles. The Hall–Kier alpha value is -0.130. The first kappa shape index (κ1) is 14.9. The van der Waals surface area contributed by atoms with Gasteiger partial charge in [0.05, 0.1) is 11.4 Å². The highest BCUT2D eigenvalue weighted by molar-refractivity contribution is 7.91. The molecule has 0 spiro atoms. The van der Waals surface area contributed by atoms with Gasteiger partial charge < -0.3 is 10.4 Å². The Labute approximate surface area is 105 Å². The van der Waals surface area contributed by atoms with Crippen LogP contribution in [0.4, 0.5) is 0 Å². The fraction of sp³-hybridized carbons (Fsp3) is 1.00. The molecular formula is C12H25NO3S. The van der Waals surface area contributed by atoms with Gasteiger partial charge in [-0.2, -0.15) is 0 Å². The van der Waals surface area contributed by atoms with E-state index in [1.54, 1.807) is 0 Å². The second kappa shape index (κ2) is 6.16. The molecule has 1 saturated carbocycles. The van der Waals surface area contributed by atoms with Crippen LogP contribution in [0.15, 0.2) is 0 Å². The van der Waals surface area contributed by atoms with Gasteiger partial charge in [0.25, 0.3) is 0 Å². The van der Waals surface area contributed by atoms with E-state index in [2.05, 4.69) is 5.32 Å². The molecule has 1 aliphatic rings. The van der Waals surface area contributed by atoms with Gasteiger partial charge in [0, 0.05) is 12.3 Å². The van der Waals surface area contributed by atoms with E-state index in [1.807, 2.05) is 13.8 Å². The fourth-order valence-electron chi connectivity index (χ4n) is 2.42. The molecule has 3 atom stereocenters. The van der Waals surface area contributed by atoms with Crippen molar-refractivity contribution in [2.75, 3.05) is 12.8 Å². The second-order valence-electron chi connectivity index (χ2n) is 5.46. The Morgan fingerprint density at radius 3 is 2.53 bits per heavy atom. The summed E-state index contributed by atoms with van der Waals surface area (Å²) in [5.41, 5.74) is 0. The van der Waals surface area contributed by atoms with E-state index in [1.165, 1.54) is 6.26 Å². The molecular weight excluding hydrogens is 238 g/mol. The number of hydrogen-bond acceptors (Lipinski definition) is 4. The summed E-state index contributed by atoms with van der Waals surface area (Å²) in [5.74, 6) is 0.256. The van der Waals surface area contributed by atoms with Crippen LogP contribution in [0.3, 0.4) is 0 Å². The maximum Gasteiger partial charge on any atom is 0.151 e. The van der Waals surface area contributed by atoms with Crippen molar-refractivity contribution >= 4 is 9.84 Å². The summed E-state index contributed by atoms with van der Waals surface area (Å²) < 4.78 is 23.1. The highest BCUT2D eigenvalue weighted by Crippen LogP contribution is 2.25. The highest BCUT2D eigenvalue weighted by atomic mass is 32.2. The molecule has 2 N–H and O–H groups in total. The number of nitrogens with one attached hydrogen (secondary N) is 1. The number of aliphatic hydroxyl groups is 1. The average molecular weight is 263 g/mol. The van der Waals surface area contributed by atoms with Crippen molar-refractivity contribution < 1.29 is 13.5 Å². The number of sulfone groups is 1. The van der Waals surface area contributed by atoms with Crippen molar-refractivity contribution in [2.45, 2.75) is 56.9 Å². The summed E-state index contributed by atoms with van der Waals surface area (Å²) in [5, 5.41) is 12.7. The lowest BCUT2D eigenvalue weighted by atomic mass is 10.0. The van der Waals surface area contributed by atoms with Gasteiger partial charge in [0.2, 0.25) is 0 Å². The largest absolute Gasteiger partial charge is 0.393 e. The van der Waals surface area contributed by atoms with E-state index < -0.39 is 9.84 Å². The van der Waals surface area contributed by atoms with E-state index in [-0.39, 0.29) is 23.3 Å². The van der Waals surface area contributed by atoms with Gasteiger partial charge in [-0.05, 0) is 31.7 Å². The molecule has 5 heteroatoms. The summed E-state index contributed by atoms with van der Waals surface area (Å²) in [6.07, 6.45) is 4.37. The molecule has 1 aliphatic carbocycles. The molecule has 0 aromatic heterocycles. The van der Waals surface area contributed by atoms with E-state index in [0.29, 0.717) is 13.0 Å². The molecule has 0 amide bonds. The van der Waals surface area contributed by atoms with Crippen LogP contribution >= 0.6 is 0 Å². The normalized spacial score (nSPS) is 27.6. The standard InChI is InChI=1S/C12H25NO3S/c1-9(2)11(14)7-8-13-10-5-4-6-12(10)17(3,15)16/h9-14H,4-8H2,1-3H3. The van der Waals surface area contributed by atoms with Gasteiger partial charge in [0.1, 0.15) is 0 Å². The molecule has 1 fully saturated rings. The van der Waals surface area contributed by atoms with Crippen molar-refractivity contribution in [2.24, 2.45) is 5.92 Å². The first-order chi connectivity index (χ1) is 7.82. The van der Waals surface area contributed by atoms with Crippen molar-refractivity contribution in [1.29, 1.82) is 0 Å². The molecule has 0 aromatic carbocycles. The zero-order chi connectivity index (χ0) is 13.1. The van der Waals surface area contributed by atoms with Crippen molar-refractivity contribution in [3.63, 3.8) is 0 Å². The van der Waals surface area contributed by atoms with Gasteiger partial charge in [-0.3, -0.25) is 0 Å². The lowest BCUT2D eigenvalue weighted by molar-refractivity contribution is 0.115. The molecule has 0 radical (unpaired) electrons. The minimum atomic E-state index is -2.94. The zero-order valence-corrected chi connectivity index (χ0v) is 11.8. The van der Waals surface area contributed by atoms with Crippen LogP contribution < -0.4 is 5.32 Å². The predicted octanol–water partition coefficient (Wildman–Crippen LogP) is 0.949. The van der Waals surface area contributed by atoms with E-state index in [9.17, 15) is 13.5 Å². The maximum atomic E-state index is 11.6. The van der Waals surface area contributed by atoms with Crippen LogP contribution in [0.1, 0.15) is 39.5 Å². The molecule has 3 unspecified atom stereocenters. The Bertz CT molecular complexity index is 327. The van der Waals surface area contributed by atoms with E-state index >= 15 is 0 Å². The van der Waals surface area contributed by atoms with Crippen LogP contribution in [0, 0.1) is 5.92 Å². The SMILES string of the molecule is CC(C)C(O)CCNC1CCCC1S(C)(=O)=O. The Morgan fingerprint density at radius 1 is 1.35 bits per heavy atom. The highest BCUT2D eigenvalue weighted by Gasteiger charge is 2.34. The number of rotatable bonds is 6. The fourth-order valence-corrected chi connectivity index (χ4v) is 3.85. The van der Waals surface area contributed by atoms with Crippen LogP contribution in [0.5, 0.6) is 0 Å². The average Bonchev–Trinajstić information content (AvgIpc) is 2.65. The van der Waals surface area contributed by atoms with Crippen LogP contribution in [0.25, 0.3) is 0 Å². The summed E-state index contributed by atoms with van der Waals surface area (Å²) in [4.78, 5) is 0. The van der Waals surface area contributed by atoms with E-state index in [4.69, 9.17) is 0 Å².